The lowest BCUT2D eigenvalue weighted by Crippen LogP contribution is -2.52. The summed E-state index contributed by atoms with van der Waals surface area (Å²) in [6.45, 7) is 6.05. The minimum absolute atomic E-state index is 0.000281. The molecule has 0 bridgehead atoms. The summed E-state index contributed by atoms with van der Waals surface area (Å²) in [6, 6.07) is 5.04. The molecule has 3 unspecified atom stereocenters. The lowest BCUT2D eigenvalue weighted by Gasteiger charge is -2.34. The van der Waals surface area contributed by atoms with E-state index in [2.05, 4.69) is 17.9 Å². The second-order valence-corrected chi connectivity index (χ2v) is 12.5. The second kappa shape index (κ2) is 15.0. The van der Waals surface area contributed by atoms with Gasteiger partial charge in [0.2, 0.25) is 11.8 Å². The second-order valence-electron chi connectivity index (χ2n) is 12.5. The first-order valence-electron chi connectivity index (χ1n) is 15.8. The Morgan fingerprint density at radius 3 is 2.53 bits per heavy atom. The third-order valence-electron chi connectivity index (χ3n) is 9.10. The lowest BCUT2D eigenvalue weighted by molar-refractivity contribution is -0.144. The standard InChI is InChI=1S/C32H49N5O6/c1-5-6-15-35(16-8-7-14-33(2)3)29(39)22-36-21-25(23-9-10-27-24(20-23)13-19-43-27)30(31(40)41)26(36)11-18-37-28(38)12-17-34(4)32(37)42/h9-10,20,25-26,30H,5-8,11-19,21-22H2,1-4H3,(H,40,41). The molecule has 3 aliphatic rings. The number of urea groups is 1. The van der Waals surface area contributed by atoms with Crippen molar-refractivity contribution in [1.29, 1.82) is 0 Å². The van der Waals surface area contributed by atoms with Crippen LogP contribution in [0.4, 0.5) is 4.79 Å². The maximum atomic E-state index is 13.8. The molecular weight excluding hydrogens is 550 g/mol. The van der Waals surface area contributed by atoms with E-state index in [1.807, 2.05) is 36.0 Å². The number of carboxylic acids is 1. The maximum absolute atomic E-state index is 13.8. The lowest BCUT2D eigenvalue weighted by atomic mass is 9.83. The molecule has 0 radical (unpaired) electrons. The molecule has 1 aromatic carbocycles. The molecule has 0 aromatic heterocycles. The van der Waals surface area contributed by atoms with Crippen LogP contribution in [-0.2, 0) is 20.8 Å². The predicted molar refractivity (Wildman–Crippen MR) is 163 cm³/mol. The van der Waals surface area contributed by atoms with Gasteiger partial charge in [0.15, 0.2) is 0 Å². The van der Waals surface area contributed by atoms with Gasteiger partial charge in [-0.1, -0.05) is 25.5 Å². The molecule has 4 rings (SSSR count). The molecule has 11 heteroatoms. The molecule has 11 nitrogen and oxygen atoms in total. The Morgan fingerprint density at radius 2 is 1.81 bits per heavy atom. The molecule has 4 amide bonds. The number of likely N-dealkylation sites (tertiary alicyclic amines) is 1. The van der Waals surface area contributed by atoms with Crippen LogP contribution in [0.15, 0.2) is 18.2 Å². The number of ether oxygens (including phenoxy) is 1. The number of rotatable bonds is 15. The molecule has 2 fully saturated rings. The molecule has 3 atom stereocenters. The van der Waals surface area contributed by atoms with Crippen molar-refractivity contribution in [3.63, 3.8) is 0 Å². The van der Waals surface area contributed by atoms with Gasteiger partial charge in [-0.3, -0.25) is 24.2 Å². The highest BCUT2D eigenvalue weighted by molar-refractivity contribution is 5.96. The normalized spacial score (nSPS) is 22.3. The SMILES string of the molecule is CCCCN(CCCCN(C)C)C(=O)CN1CC(c2ccc3c(c2)CCO3)C(C(=O)O)C1CCN1C(=O)CCN(C)C1=O. The number of amides is 4. The van der Waals surface area contributed by atoms with Gasteiger partial charge in [-0.25, -0.2) is 4.79 Å². The zero-order valence-electron chi connectivity index (χ0n) is 26.3. The smallest absolute Gasteiger partial charge is 0.326 e. The van der Waals surface area contributed by atoms with Gasteiger partial charge in [0.1, 0.15) is 5.75 Å². The van der Waals surface area contributed by atoms with E-state index in [0.29, 0.717) is 32.8 Å². The summed E-state index contributed by atoms with van der Waals surface area (Å²) in [4.78, 5) is 60.9. The molecule has 1 aromatic rings. The van der Waals surface area contributed by atoms with Crippen LogP contribution >= 0.6 is 0 Å². The van der Waals surface area contributed by atoms with Crippen molar-refractivity contribution in [2.45, 2.75) is 63.8 Å². The first kappa shape index (κ1) is 32.7. The van der Waals surface area contributed by atoms with Crippen LogP contribution < -0.4 is 4.74 Å². The van der Waals surface area contributed by atoms with Gasteiger partial charge in [-0.05, 0) is 63.5 Å². The summed E-state index contributed by atoms with van der Waals surface area (Å²) in [5.74, 6) is -1.45. The van der Waals surface area contributed by atoms with Gasteiger partial charge < -0.3 is 24.5 Å². The van der Waals surface area contributed by atoms with Gasteiger partial charge >= 0.3 is 12.0 Å². The van der Waals surface area contributed by atoms with Crippen molar-refractivity contribution in [1.82, 2.24) is 24.5 Å². The zero-order chi connectivity index (χ0) is 31.1. The van der Waals surface area contributed by atoms with Crippen molar-refractivity contribution >= 4 is 23.8 Å². The van der Waals surface area contributed by atoms with Crippen molar-refractivity contribution in [2.24, 2.45) is 5.92 Å². The number of fused-ring (bicyclic) bond motifs is 1. The molecule has 0 saturated carbocycles. The summed E-state index contributed by atoms with van der Waals surface area (Å²) in [5.41, 5.74) is 2.00. The fourth-order valence-electron chi connectivity index (χ4n) is 6.63. The van der Waals surface area contributed by atoms with Crippen LogP contribution in [0.5, 0.6) is 5.75 Å². The molecule has 0 aliphatic carbocycles. The summed E-state index contributed by atoms with van der Waals surface area (Å²) in [7, 11) is 5.75. The first-order chi connectivity index (χ1) is 20.6. The summed E-state index contributed by atoms with van der Waals surface area (Å²) >= 11 is 0. The quantitative estimate of drug-likeness (QED) is 0.306. The Bertz CT molecular complexity index is 1160. The fourth-order valence-corrected chi connectivity index (χ4v) is 6.63. The molecule has 2 saturated heterocycles. The Kier molecular flexibility index (Phi) is 11.4. The Balaban J connectivity index is 1.57. The van der Waals surface area contributed by atoms with Crippen LogP contribution in [0.25, 0.3) is 0 Å². The number of carboxylic acid groups (broad SMARTS) is 1. The Labute approximate surface area is 255 Å². The molecular formula is C32H49N5O6. The highest BCUT2D eigenvalue weighted by atomic mass is 16.5. The van der Waals surface area contributed by atoms with E-state index in [0.717, 1.165) is 55.5 Å². The fraction of sp³-hybridized carbons (Fsp3) is 0.688. The van der Waals surface area contributed by atoms with E-state index in [1.54, 1.807) is 7.05 Å². The summed E-state index contributed by atoms with van der Waals surface area (Å²) in [6.07, 6.45) is 5.11. The highest BCUT2D eigenvalue weighted by Gasteiger charge is 2.48. The van der Waals surface area contributed by atoms with E-state index in [1.165, 1.54) is 9.80 Å². The number of hydrogen-bond donors (Lipinski definition) is 1. The molecule has 3 aliphatic heterocycles. The zero-order valence-corrected chi connectivity index (χ0v) is 26.3. The van der Waals surface area contributed by atoms with Gasteiger partial charge in [0, 0.05) is 64.6 Å². The Hall–Kier alpha value is -3.18. The van der Waals surface area contributed by atoms with Crippen LogP contribution in [0.1, 0.15) is 62.5 Å². The van der Waals surface area contributed by atoms with E-state index in [-0.39, 0.29) is 49.7 Å². The number of hydrogen-bond acceptors (Lipinski definition) is 7. The number of carbonyl (C=O) groups excluding carboxylic acids is 3. The number of aliphatic carboxylic acids is 1. The van der Waals surface area contributed by atoms with E-state index in [9.17, 15) is 24.3 Å². The highest BCUT2D eigenvalue weighted by Crippen LogP contribution is 2.41. The molecule has 3 heterocycles. The van der Waals surface area contributed by atoms with Crippen LogP contribution in [0.2, 0.25) is 0 Å². The monoisotopic (exact) mass is 599 g/mol. The van der Waals surface area contributed by atoms with Crippen molar-refractivity contribution < 1.29 is 29.0 Å². The largest absolute Gasteiger partial charge is 0.493 e. The van der Waals surface area contributed by atoms with E-state index < -0.39 is 17.9 Å². The minimum Gasteiger partial charge on any atom is -0.493 e. The third-order valence-corrected chi connectivity index (χ3v) is 9.10. The van der Waals surface area contributed by atoms with E-state index in [4.69, 9.17) is 4.74 Å². The summed E-state index contributed by atoms with van der Waals surface area (Å²) < 4.78 is 5.68. The van der Waals surface area contributed by atoms with E-state index >= 15 is 0 Å². The van der Waals surface area contributed by atoms with Crippen LogP contribution in [-0.4, -0.2) is 133 Å². The molecule has 238 valence electrons. The third kappa shape index (κ3) is 8.06. The van der Waals surface area contributed by atoms with Gasteiger partial charge in [-0.2, -0.15) is 0 Å². The average Bonchev–Trinajstić information content (AvgIpc) is 3.58. The Morgan fingerprint density at radius 1 is 1.07 bits per heavy atom. The van der Waals surface area contributed by atoms with Gasteiger partial charge in [0.25, 0.3) is 0 Å². The number of unbranched alkanes of at least 4 members (excludes halogenated alkanes) is 2. The number of imide groups is 1. The molecule has 1 N–H and O–H groups in total. The minimum atomic E-state index is -0.929. The number of nitrogens with zero attached hydrogens (tertiary/aromatic N) is 5. The number of carbonyl (C=O) groups is 4. The van der Waals surface area contributed by atoms with Gasteiger partial charge in [0.05, 0.1) is 19.1 Å². The average molecular weight is 600 g/mol. The molecule has 43 heavy (non-hydrogen) atoms. The van der Waals surface area contributed by atoms with Crippen molar-refractivity contribution in [3.05, 3.63) is 29.3 Å². The topological polar surface area (TPSA) is 114 Å². The first-order valence-corrected chi connectivity index (χ1v) is 15.8. The molecule has 0 spiro atoms. The maximum Gasteiger partial charge on any atom is 0.326 e. The predicted octanol–water partition coefficient (Wildman–Crippen LogP) is 2.73. The van der Waals surface area contributed by atoms with Crippen molar-refractivity contribution in [3.8, 4) is 5.75 Å². The summed E-state index contributed by atoms with van der Waals surface area (Å²) in [5, 5.41) is 10.6. The van der Waals surface area contributed by atoms with Crippen LogP contribution in [0, 0.1) is 5.92 Å². The number of benzene rings is 1. The van der Waals surface area contributed by atoms with Gasteiger partial charge in [-0.15, -0.1) is 0 Å². The van der Waals surface area contributed by atoms with Crippen LogP contribution in [0.3, 0.4) is 0 Å². The van der Waals surface area contributed by atoms with Crippen molar-refractivity contribution in [2.75, 3.05) is 73.6 Å².